The molecule has 0 aliphatic heterocycles. The van der Waals surface area contributed by atoms with E-state index in [1.54, 1.807) is 30.3 Å². The van der Waals surface area contributed by atoms with Crippen molar-refractivity contribution < 1.29 is 13.5 Å². The Morgan fingerprint density at radius 1 is 1.22 bits per heavy atom. The van der Waals surface area contributed by atoms with Gasteiger partial charge in [-0.05, 0) is 18.1 Å². The largest absolute Gasteiger partial charge is 0.395 e. The Hall–Kier alpha value is -0.910. The molecule has 0 saturated carbocycles. The maximum Gasteiger partial charge on any atom is 0.179 e. The Bertz CT molecular complexity index is 443. The van der Waals surface area contributed by atoms with E-state index in [1.165, 1.54) is 0 Å². The van der Waals surface area contributed by atoms with E-state index in [2.05, 4.69) is 5.32 Å². The van der Waals surface area contributed by atoms with Gasteiger partial charge in [0.15, 0.2) is 9.84 Å². The van der Waals surface area contributed by atoms with Crippen molar-refractivity contribution in [1.29, 1.82) is 0 Å². The highest BCUT2D eigenvalue weighted by Crippen LogP contribution is 2.09. The summed E-state index contributed by atoms with van der Waals surface area (Å²) in [6.45, 7) is 4.34. The van der Waals surface area contributed by atoms with Crippen molar-refractivity contribution in [2.75, 3.05) is 18.9 Å². The van der Waals surface area contributed by atoms with Crippen LogP contribution in [0.4, 0.5) is 0 Å². The zero-order chi connectivity index (χ0) is 13.6. The summed E-state index contributed by atoms with van der Waals surface area (Å²) in [6.07, 6.45) is 0. The molecule has 0 bridgehead atoms. The molecule has 0 fully saturated rings. The molecule has 0 radical (unpaired) electrons. The molecule has 0 heterocycles. The van der Waals surface area contributed by atoms with Crippen LogP contribution in [0.2, 0.25) is 0 Å². The van der Waals surface area contributed by atoms with Crippen LogP contribution in [0.15, 0.2) is 35.2 Å². The van der Waals surface area contributed by atoms with Crippen LogP contribution < -0.4 is 5.32 Å². The number of rotatable bonds is 7. The second kappa shape index (κ2) is 6.87. The first kappa shape index (κ1) is 15.1. The highest BCUT2D eigenvalue weighted by Gasteiger charge is 2.16. The average Bonchev–Trinajstić information content (AvgIpc) is 2.35. The molecule has 0 aliphatic carbocycles. The SMILES string of the molecule is CC(C)[C@@H](CO)NCCS(=O)(=O)c1ccccc1. The third kappa shape index (κ3) is 4.40. The van der Waals surface area contributed by atoms with E-state index in [4.69, 9.17) is 5.11 Å². The smallest absolute Gasteiger partial charge is 0.179 e. The summed E-state index contributed by atoms with van der Waals surface area (Å²) in [7, 11) is -3.23. The standard InChI is InChI=1S/C13H21NO3S/c1-11(2)13(10-15)14-8-9-18(16,17)12-6-4-3-5-7-12/h3-7,11,13-15H,8-10H2,1-2H3/t13-/m1/s1. The van der Waals surface area contributed by atoms with E-state index >= 15 is 0 Å². The molecule has 0 aliphatic rings. The van der Waals surface area contributed by atoms with E-state index in [1.807, 2.05) is 13.8 Å². The minimum Gasteiger partial charge on any atom is -0.395 e. The molecule has 1 rings (SSSR count). The fourth-order valence-corrected chi connectivity index (χ4v) is 2.83. The third-order valence-electron chi connectivity index (χ3n) is 2.88. The lowest BCUT2D eigenvalue weighted by Crippen LogP contribution is -2.39. The summed E-state index contributed by atoms with van der Waals surface area (Å²) in [5, 5.41) is 12.2. The lowest BCUT2D eigenvalue weighted by atomic mass is 10.1. The average molecular weight is 271 g/mol. The molecule has 5 heteroatoms. The monoisotopic (exact) mass is 271 g/mol. The lowest BCUT2D eigenvalue weighted by Gasteiger charge is -2.19. The van der Waals surface area contributed by atoms with Crippen LogP contribution in [0, 0.1) is 5.92 Å². The molecule has 1 aromatic carbocycles. The molecule has 18 heavy (non-hydrogen) atoms. The second-order valence-corrected chi connectivity index (χ2v) is 6.73. The van der Waals surface area contributed by atoms with Crippen LogP contribution >= 0.6 is 0 Å². The van der Waals surface area contributed by atoms with Gasteiger partial charge in [0.05, 0.1) is 17.3 Å². The van der Waals surface area contributed by atoms with Gasteiger partial charge in [-0.15, -0.1) is 0 Å². The van der Waals surface area contributed by atoms with E-state index in [0.29, 0.717) is 11.4 Å². The fourth-order valence-electron chi connectivity index (χ4n) is 1.64. The minimum absolute atomic E-state index is 0.0169. The number of hydrogen-bond acceptors (Lipinski definition) is 4. The molecular weight excluding hydrogens is 250 g/mol. The molecule has 0 amide bonds. The Balaban J connectivity index is 2.53. The van der Waals surface area contributed by atoms with Gasteiger partial charge in [0.1, 0.15) is 0 Å². The number of benzene rings is 1. The zero-order valence-corrected chi connectivity index (χ0v) is 11.7. The Morgan fingerprint density at radius 2 is 1.83 bits per heavy atom. The quantitative estimate of drug-likeness (QED) is 0.778. The number of aliphatic hydroxyl groups is 1. The molecule has 1 atom stereocenters. The summed E-state index contributed by atoms with van der Waals surface area (Å²) >= 11 is 0. The maximum atomic E-state index is 12.0. The van der Waals surface area contributed by atoms with Crippen molar-refractivity contribution in [2.24, 2.45) is 5.92 Å². The highest BCUT2D eigenvalue weighted by atomic mass is 32.2. The van der Waals surface area contributed by atoms with Crippen LogP contribution in [-0.2, 0) is 9.84 Å². The summed E-state index contributed by atoms with van der Waals surface area (Å²) in [5.41, 5.74) is 0. The van der Waals surface area contributed by atoms with Gasteiger partial charge in [0.2, 0.25) is 0 Å². The maximum absolute atomic E-state index is 12.0. The summed E-state index contributed by atoms with van der Waals surface area (Å²) in [5.74, 6) is 0.315. The van der Waals surface area contributed by atoms with Crippen molar-refractivity contribution >= 4 is 9.84 Å². The zero-order valence-electron chi connectivity index (χ0n) is 10.8. The van der Waals surface area contributed by atoms with Gasteiger partial charge in [-0.2, -0.15) is 0 Å². The Kier molecular flexibility index (Phi) is 5.78. The normalized spacial score (nSPS) is 13.8. The molecule has 1 aromatic rings. The molecule has 0 unspecified atom stereocenters. The molecule has 0 aromatic heterocycles. The Morgan fingerprint density at radius 3 is 2.33 bits per heavy atom. The van der Waals surface area contributed by atoms with E-state index < -0.39 is 9.84 Å². The summed E-state index contributed by atoms with van der Waals surface area (Å²) in [6, 6.07) is 8.35. The minimum atomic E-state index is -3.23. The van der Waals surface area contributed by atoms with E-state index in [0.717, 1.165) is 0 Å². The molecule has 102 valence electrons. The van der Waals surface area contributed by atoms with Crippen molar-refractivity contribution in [3.05, 3.63) is 30.3 Å². The van der Waals surface area contributed by atoms with Gasteiger partial charge < -0.3 is 10.4 Å². The first-order valence-corrected chi connectivity index (χ1v) is 7.74. The second-order valence-electron chi connectivity index (χ2n) is 4.62. The lowest BCUT2D eigenvalue weighted by molar-refractivity contribution is 0.213. The van der Waals surface area contributed by atoms with Gasteiger partial charge in [0.25, 0.3) is 0 Å². The number of nitrogens with one attached hydrogen (secondary N) is 1. The Labute approximate surface area is 109 Å². The van der Waals surface area contributed by atoms with Crippen molar-refractivity contribution in [3.8, 4) is 0 Å². The fraction of sp³-hybridized carbons (Fsp3) is 0.538. The van der Waals surface area contributed by atoms with E-state index in [9.17, 15) is 8.42 Å². The van der Waals surface area contributed by atoms with Crippen LogP contribution in [0.1, 0.15) is 13.8 Å². The third-order valence-corrected chi connectivity index (χ3v) is 4.61. The van der Waals surface area contributed by atoms with Crippen molar-refractivity contribution in [2.45, 2.75) is 24.8 Å². The van der Waals surface area contributed by atoms with Gasteiger partial charge in [-0.25, -0.2) is 8.42 Å². The van der Waals surface area contributed by atoms with Crippen LogP contribution in [-0.4, -0.2) is 38.5 Å². The topological polar surface area (TPSA) is 66.4 Å². The van der Waals surface area contributed by atoms with Gasteiger partial charge in [-0.3, -0.25) is 0 Å². The van der Waals surface area contributed by atoms with Gasteiger partial charge in [0, 0.05) is 12.6 Å². The molecule has 2 N–H and O–H groups in total. The predicted octanol–water partition coefficient (Wildman–Crippen LogP) is 1.07. The van der Waals surface area contributed by atoms with Crippen molar-refractivity contribution in [1.82, 2.24) is 5.32 Å². The number of aliphatic hydroxyl groups excluding tert-OH is 1. The predicted molar refractivity (Wildman–Crippen MR) is 72.2 cm³/mol. The number of hydrogen-bond donors (Lipinski definition) is 2. The summed E-state index contributed by atoms with van der Waals surface area (Å²) in [4.78, 5) is 0.344. The van der Waals surface area contributed by atoms with Crippen LogP contribution in [0.3, 0.4) is 0 Å². The van der Waals surface area contributed by atoms with Crippen LogP contribution in [0.25, 0.3) is 0 Å². The van der Waals surface area contributed by atoms with Gasteiger partial charge >= 0.3 is 0 Å². The molecule has 0 saturated heterocycles. The summed E-state index contributed by atoms with van der Waals surface area (Å²) < 4.78 is 23.9. The molecular formula is C13H21NO3S. The van der Waals surface area contributed by atoms with Gasteiger partial charge in [-0.1, -0.05) is 32.0 Å². The molecule has 4 nitrogen and oxygen atoms in total. The van der Waals surface area contributed by atoms with E-state index in [-0.39, 0.29) is 24.3 Å². The highest BCUT2D eigenvalue weighted by molar-refractivity contribution is 7.91. The first-order valence-electron chi connectivity index (χ1n) is 6.09. The molecule has 0 spiro atoms. The first-order chi connectivity index (χ1) is 8.47. The van der Waals surface area contributed by atoms with Crippen LogP contribution in [0.5, 0.6) is 0 Å². The van der Waals surface area contributed by atoms with Crippen molar-refractivity contribution in [3.63, 3.8) is 0 Å². The number of sulfone groups is 1.